The average Bonchev–Trinajstić information content (AvgIpc) is 3.20. The average molecular weight is 454 g/mol. The number of nitrogens with one attached hydrogen (secondary N) is 1. The fraction of sp³-hybridized carbons (Fsp3) is 0.240. The molecule has 1 aliphatic heterocycles. The zero-order valence-electron chi connectivity index (χ0n) is 17.8. The molecule has 3 aromatic rings. The van der Waals surface area contributed by atoms with Crippen LogP contribution in [-0.2, 0) is 0 Å². The molecule has 0 radical (unpaired) electrons. The normalized spacial score (nSPS) is 17.8. The third kappa shape index (κ3) is 4.65. The molecule has 0 saturated carbocycles. The molecule has 0 saturated heterocycles. The number of halogens is 2. The van der Waals surface area contributed by atoms with Crippen LogP contribution in [0.25, 0.3) is 0 Å². The molecular weight excluding hydrogens is 429 g/mol. The Kier molecular flexibility index (Phi) is 6.40. The molecule has 0 amide bonds. The van der Waals surface area contributed by atoms with Crippen LogP contribution in [0.4, 0.5) is 5.69 Å². The fourth-order valence-corrected chi connectivity index (χ4v) is 4.00. The molecule has 4 nitrogen and oxygen atoms in total. The molecule has 2 atom stereocenters. The maximum Gasteiger partial charge on any atom is 0.133 e. The van der Waals surface area contributed by atoms with Gasteiger partial charge in [-0.1, -0.05) is 47.5 Å². The number of ether oxygens (including phenoxy) is 1. The van der Waals surface area contributed by atoms with Gasteiger partial charge in [-0.15, -0.1) is 0 Å². The van der Waals surface area contributed by atoms with E-state index in [-0.39, 0.29) is 12.1 Å². The summed E-state index contributed by atoms with van der Waals surface area (Å²) in [7, 11) is 4.03. The molecule has 31 heavy (non-hydrogen) atoms. The number of benzene rings is 3. The number of amidine groups is 1. The Bertz CT molecular complexity index is 1080. The van der Waals surface area contributed by atoms with Gasteiger partial charge in [-0.05, 0) is 54.4 Å². The maximum absolute atomic E-state index is 6.13. The van der Waals surface area contributed by atoms with Crippen LogP contribution in [0.15, 0.2) is 71.7 Å². The highest BCUT2D eigenvalue weighted by Crippen LogP contribution is 2.39. The van der Waals surface area contributed by atoms with Gasteiger partial charge in [0.15, 0.2) is 0 Å². The van der Waals surface area contributed by atoms with E-state index in [0.717, 1.165) is 34.0 Å². The van der Waals surface area contributed by atoms with Crippen molar-refractivity contribution in [2.45, 2.75) is 19.0 Å². The van der Waals surface area contributed by atoms with Crippen LogP contribution in [0.1, 0.15) is 35.7 Å². The molecule has 160 valence electrons. The summed E-state index contributed by atoms with van der Waals surface area (Å²) in [5.41, 5.74) is 4.23. The molecule has 0 spiro atoms. The zero-order valence-corrected chi connectivity index (χ0v) is 19.3. The van der Waals surface area contributed by atoms with Gasteiger partial charge in [0.2, 0.25) is 0 Å². The smallest absolute Gasteiger partial charge is 0.133 e. The molecule has 4 rings (SSSR count). The Balaban J connectivity index is 1.77. The lowest BCUT2D eigenvalue weighted by molar-refractivity contribution is 0.339. The summed E-state index contributed by atoms with van der Waals surface area (Å²) in [6.07, 6.45) is 0. The van der Waals surface area contributed by atoms with Gasteiger partial charge < -0.3 is 15.0 Å². The standard InChI is InChI=1S/C25H25Cl2N3O/c1-4-31-22-15-20(30(2)3)13-14-21(22)25-28-23(16-5-9-18(26)10-6-16)24(29-25)17-7-11-19(27)12-8-17/h5-15,23-24H,4H2,1-3H3,(H,28,29)/t23-,24+. The summed E-state index contributed by atoms with van der Waals surface area (Å²) < 4.78 is 5.97. The van der Waals surface area contributed by atoms with Crippen molar-refractivity contribution < 1.29 is 4.74 Å². The number of hydrogen-bond donors (Lipinski definition) is 1. The zero-order chi connectivity index (χ0) is 22.0. The summed E-state index contributed by atoms with van der Waals surface area (Å²) in [6.45, 7) is 2.57. The van der Waals surface area contributed by atoms with Crippen molar-refractivity contribution in [2.24, 2.45) is 4.99 Å². The second kappa shape index (κ2) is 9.21. The third-order valence-electron chi connectivity index (χ3n) is 5.35. The molecule has 0 fully saturated rings. The molecule has 0 aliphatic carbocycles. The van der Waals surface area contributed by atoms with E-state index in [1.165, 1.54) is 0 Å². The first-order valence-electron chi connectivity index (χ1n) is 10.3. The molecule has 1 aliphatic rings. The first kappa shape index (κ1) is 21.5. The van der Waals surface area contributed by atoms with Crippen molar-refractivity contribution >= 4 is 34.7 Å². The summed E-state index contributed by atoms with van der Waals surface area (Å²) in [4.78, 5) is 7.15. The third-order valence-corrected chi connectivity index (χ3v) is 5.86. The predicted octanol–water partition coefficient (Wildman–Crippen LogP) is 6.29. The molecule has 1 N–H and O–H groups in total. The Morgan fingerprint density at radius 3 is 2.10 bits per heavy atom. The number of anilines is 1. The molecule has 3 aromatic carbocycles. The van der Waals surface area contributed by atoms with E-state index in [9.17, 15) is 0 Å². The monoisotopic (exact) mass is 453 g/mol. The summed E-state index contributed by atoms with van der Waals surface area (Å²) in [5.74, 6) is 1.63. The second-order valence-electron chi connectivity index (χ2n) is 7.66. The van der Waals surface area contributed by atoms with Gasteiger partial charge in [0.05, 0.1) is 18.2 Å². The van der Waals surface area contributed by atoms with E-state index in [0.29, 0.717) is 16.7 Å². The lowest BCUT2D eigenvalue weighted by Crippen LogP contribution is -2.25. The van der Waals surface area contributed by atoms with E-state index in [1.54, 1.807) is 0 Å². The van der Waals surface area contributed by atoms with Crippen molar-refractivity contribution in [3.8, 4) is 5.75 Å². The highest BCUT2D eigenvalue weighted by atomic mass is 35.5. The summed E-state index contributed by atoms with van der Waals surface area (Å²) in [5, 5.41) is 5.05. The van der Waals surface area contributed by atoms with Crippen molar-refractivity contribution in [1.82, 2.24) is 5.32 Å². The Hall–Kier alpha value is -2.69. The van der Waals surface area contributed by atoms with Crippen LogP contribution in [0.3, 0.4) is 0 Å². The minimum Gasteiger partial charge on any atom is -0.493 e. The molecule has 1 heterocycles. The highest BCUT2D eigenvalue weighted by Gasteiger charge is 2.33. The Morgan fingerprint density at radius 2 is 1.52 bits per heavy atom. The fourth-order valence-electron chi connectivity index (χ4n) is 3.75. The van der Waals surface area contributed by atoms with Crippen LogP contribution in [-0.4, -0.2) is 26.5 Å². The number of nitrogens with zero attached hydrogens (tertiary/aromatic N) is 2. The minimum absolute atomic E-state index is 0.0311. The predicted molar refractivity (Wildman–Crippen MR) is 130 cm³/mol. The first-order valence-corrected chi connectivity index (χ1v) is 11.0. The topological polar surface area (TPSA) is 36.9 Å². The van der Waals surface area contributed by atoms with Gasteiger partial charge in [-0.2, -0.15) is 0 Å². The van der Waals surface area contributed by atoms with Crippen LogP contribution in [0, 0.1) is 0 Å². The number of rotatable bonds is 6. The van der Waals surface area contributed by atoms with Gasteiger partial charge in [-0.25, -0.2) is 0 Å². The van der Waals surface area contributed by atoms with Crippen LogP contribution < -0.4 is 15.0 Å². The number of hydrogen-bond acceptors (Lipinski definition) is 4. The van der Waals surface area contributed by atoms with Gasteiger partial charge >= 0.3 is 0 Å². The van der Waals surface area contributed by atoms with E-state index in [1.807, 2.05) is 69.6 Å². The van der Waals surface area contributed by atoms with Gasteiger partial charge in [0.1, 0.15) is 17.6 Å². The van der Waals surface area contributed by atoms with Crippen molar-refractivity contribution in [3.63, 3.8) is 0 Å². The van der Waals surface area contributed by atoms with Crippen LogP contribution in [0.2, 0.25) is 10.0 Å². The minimum atomic E-state index is -0.101. The van der Waals surface area contributed by atoms with E-state index in [2.05, 4.69) is 28.4 Å². The maximum atomic E-state index is 6.13. The highest BCUT2D eigenvalue weighted by molar-refractivity contribution is 6.30. The SMILES string of the molecule is CCOc1cc(N(C)C)ccc1C1=N[C@H](c2ccc(Cl)cc2)[C@H](c2ccc(Cl)cc2)N1. The van der Waals surface area contributed by atoms with Crippen molar-refractivity contribution in [2.75, 3.05) is 25.6 Å². The van der Waals surface area contributed by atoms with E-state index >= 15 is 0 Å². The Morgan fingerprint density at radius 1 is 0.903 bits per heavy atom. The molecular formula is C25H25Cl2N3O. The second-order valence-corrected chi connectivity index (χ2v) is 8.53. The molecule has 6 heteroatoms. The Labute approximate surface area is 193 Å². The number of aliphatic imine (C=N–C) groups is 1. The van der Waals surface area contributed by atoms with Gasteiger partial charge in [-0.3, -0.25) is 4.99 Å². The molecule has 0 aromatic heterocycles. The van der Waals surface area contributed by atoms with Crippen LogP contribution >= 0.6 is 23.2 Å². The van der Waals surface area contributed by atoms with E-state index in [4.69, 9.17) is 32.9 Å². The van der Waals surface area contributed by atoms with E-state index < -0.39 is 0 Å². The lowest BCUT2D eigenvalue weighted by Gasteiger charge is -2.20. The largest absolute Gasteiger partial charge is 0.493 e. The van der Waals surface area contributed by atoms with Gasteiger partial charge in [0, 0.05) is 35.9 Å². The van der Waals surface area contributed by atoms with Gasteiger partial charge in [0.25, 0.3) is 0 Å². The summed E-state index contributed by atoms with van der Waals surface area (Å²) in [6, 6.07) is 21.8. The summed E-state index contributed by atoms with van der Waals surface area (Å²) >= 11 is 12.2. The first-order chi connectivity index (χ1) is 15.0. The lowest BCUT2D eigenvalue weighted by atomic mass is 9.95. The van der Waals surface area contributed by atoms with Crippen LogP contribution in [0.5, 0.6) is 5.75 Å². The van der Waals surface area contributed by atoms with Crippen molar-refractivity contribution in [1.29, 1.82) is 0 Å². The quantitative estimate of drug-likeness (QED) is 0.476. The molecule has 0 bridgehead atoms. The molecule has 0 unspecified atom stereocenters. The van der Waals surface area contributed by atoms with Crippen molar-refractivity contribution in [3.05, 3.63) is 93.5 Å².